The molecule has 1 unspecified atom stereocenters. The number of hydrogen-bond acceptors (Lipinski definition) is 3. The number of hydrogen-bond donors (Lipinski definition) is 2. The predicted octanol–water partition coefficient (Wildman–Crippen LogP) is 2.84. The van der Waals surface area contributed by atoms with Gasteiger partial charge in [0.2, 0.25) is 0 Å². The zero-order valence-corrected chi connectivity index (χ0v) is 13.0. The molecule has 118 valence electrons. The van der Waals surface area contributed by atoms with Crippen LogP contribution in [-0.2, 0) is 6.42 Å². The van der Waals surface area contributed by atoms with Crippen LogP contribution in [0.2, 0.25) is 0 Å². The molecule has 1 aromatic rings. The topological polar surface area (TPSA) is 58.3 Å². The number of aliphatic hydroxyl groups excluding tert-OH is 1. The molecule has 0 amide bonds. The number of nitrogens with zero attached hydrogens (tertiary/aromatic N) is 2. The first-order valence-electron chi connectivity index (χ1n) is 8.51. The van der Waals surface area contributed by atoms with E-state index < -0.39 is 11.7 Å². The third kappa shape index (κ3) is 3.32. The van der Waals surface area contributed by atoms with Crippen LogP contribution in [0.5, 0.6) is 0 Å². The van der Waals surface area contributed by atoms with Gasteiger partial charge in [0.1, 0.15) is 0 Å². The van der Waals surface area contributed by atoms with Crippen molar-refractivity contribution in [3.63, 3.8) is 0 Å². The van der Waals surface area contributed by atoms with Crippen LogP contribution in [-0.4, -0.2) is 31.7 Å². The SMILES string of the molecule is CC1CCC(O)(C(O)Cc2ccn(C3CCCC3)n2)CC1. The van der Waals surface area contributed by atoms with Crippen LogP contribution in [0.25, 0.3) is 0 Å². The molecule has 4 heteroatoms. The van der Waals surface area contributed by atoms with Crippen molar-refractivity contribution in [1.82, 2.24) is 9.78 Å². The maximum absolute atomic E-state index is 10.7. The summed E-state index contributed by atoms with van der Waals surface area (Å²) in [7, 11) is 0. The Balaban J connectivity index is 1.60. The van der Waals surface area contributed by atoms with Gasteiger partial charge in [0, 0.05) is 12.6 Å². The van der Waals surface area contributed by atoms with Gasteiger partial charge in [-0.2, -0.15) is 5.10 Å². The van der Waals surface area contributed by atoms with Gasteiger partial charge in [0.25, 0.3) is 0 Å². The number of aliphatic hydroxyl groups is 2. The van der Waals surface area contributed by atoms with E-state index in [1.54, 1.807) is 0 Å². The molecule has 0 bridgehead atoms. The van der Waals surface area contributed by atoms with Crippen LogP contribution in [0.3, 0.4) is 0 Å². The summed E-state index contributed by atoms with van der Waals surface area (Å²) in [6.07, 6.45) is 10.2. The zero-order valence-electron chi connectivity index (χ0n) is 13.0. The van der Waals surface area contributed by atoms with Crippen molar-refractivity contribution in [3.8, 4) is 0 Å². The molecule has 0 aromatic carbocycles. The molecular weight excluding hydrogens is 264 g/mol. The van der Waals surface area contributed by atoms with Crippen molar-refractivity contribution in [2.75, 3.05) is 0 Å². The Morgan fingerprint density at radius 1 is 1.29 bits per heavy atom. The summed E-state index contributed by atoms with van der Waals surface area (Å²) < 4.78 is 2.06. The second-order valence-corrected chi connectivity index (χ2v) is 7.23. The molecule has 0 aliphatic heterocycles. The fourth-order valence-electron chi connectivity index (χ4n) is 3.84. The van der Waals surface area contributed by atoms with Gasteiger partial charge < -0.3 is 10.2 Å². The van der Waals surface area contributed by atoms with Crippen molar-refractivity contribution < 1.29 is 10.2 Å². The van der Waals surface area contributed by atoms with E-state index in [-0.39, 0.29) is 0 Å². The van der Waals surface area contributed by atoms with Gasteiger partial charge in [-0.25, -0.2) is 0 Å². The monoisotopic (exact) mass is 292 g/mol. The molecule has 2 fully saturated rings. The highest BCUT2D eigenvalue weighted by atomic mass is 16.3. The van der Waals surface area contributed by atoms with Crippen LogP contribution in [0.4, 0.5) is 0 Å². The third-order valence-corrected chi connectivity index (χ3v) is 5.53. The first-order chi connectivity index (χ1) is 10.1. The van der Waals surface area contributed by atoms with E-state index in [1.807, 2.05) is 12.3 Å². The number of rotatable bonds is 4. The maximum Gasteiger partial charge on any atom is 0.0909 e. The Bertz CT molecular complexity index is 457. The lowest BCUT2D eigenvalue weighted by Crippen LogP contribution is -2.46. The summed E-state index contributed by atoms with van der Waals surface area (Å²) >= 11 is 0. The number of aromatic nitrogens is 2. The minimum atomic E-state index is -0.913. The first kappa shape index (κ1) is 15.0. The molecule has 1 heterocycles. The van der Waals surface area contributed by atoms with Crippen LogP contribution >= 0.6 is 0 Å². The van der Waals surface area contributed by atoms with Crippen molar-refractivity contribution in [2.24, 2.45) is 5.92 Å². The molecule has 2 N–H and O–H groups in total. The molecule has 21 heavy (non-hydrogen) atoms. The van der Waals surface area contributed by atoms with Gasteiger partial charge in [-0.05, 0) is 50.5 Å². The summed E-state index contributed by atoms with van der Waals surface area (Å²) in [6.45, 7) is 2.22. The quantitative estimate of drug-likeness (QED) is 0.897. The van der Waals surface area contributed by atoms with Crippen LogP contribution in [0.1, 0.15) is 70.0 Å². The van der Waals surface area contributed by atoms with Gasteiger partial charge in [-0.1, -0.05) is 19.8 Å². The van der Waals surface area contributed by atoms with Gasteiger partial charge in [0.05, 0.1) is 23.4 Å². The average molecular weight is 292 g/mol. The van der Waals surface area contributed by atoms with Crippen LogP contribution in [0, 0.1) is 5.92 Å². The highest BCUT2D eigenvalue weighted by molar-refractivity contribution is 5.05. The summed E-state index contributed by atoms with van der Waals surface area (Å²) in [5, 5.41) is 25.7. The van der Waals surface area contributed by atoms with E-state index >= 15 is 0 Å². The molecule has 2 aliphatic carbocycles. The Kier molecular flexibility index (Phi) is 4.36. The van der Waals surface area contributed by atoms with E-state index in [9.17, 15) is 10.2 Å². The van der Waals surface area contributed by atoms with Crippen molar-refractivity contribution in [2.45, 2.75) is 82.5 Å². The Morgan fingerprint density at radius 2 is 1.95 bits per heavy atom. The smallest absolute Gasteiger partial charge is 0.0909 e. The summed E-state index contributed by atoms with van der Waals surface area (Å²) in [4.78, 5) is 0. The van der Waals surface area contributed by atoms with Gasteiger partial charge >= 0.3 is 0 Å². The standard InChI is InChI=1S/C17H28N2O2/c1-13-6-9-17(21,10-7-13)16(20)12-14-8-11-19(18-14)15-4-2-3-5-15/h8,11,13,15-16,20-21H,2-7,9-10,12H2,1H3. The molecule has 4 nitrogen and oxygen atoms in total. The Morgan fingerprint density at radius 3 is 2.62 bits per heavy atom. The fraction of sp³-hybridized carbons (Fsp3) is 0.824. The van der Waals surface area contributed by atoms with Crippen molar-refractivity contribution >= 4 is 0 Å². The van der Waals surface area contributed by atoms with E-state index in [0.717, 1.165) is 18.5 Å². The highest BCUT2D eigenvalue weighted by Crippen LogP contribution is 2.35. The molecule has 0 radical (unpaired) electrons. The molecule has 1 aromatic heterocycles. The van der Waals surface area contributed by atoms with Gasteiger partial charge in [0.15, 0.2) is 0 Å². The van der Waals surface area contributed by atoms with Gasteiger partial charge in [-0.3, -0.25) is 4.68 Å². The lowest BCUT2D eigenvalue weighted by atomic mass is 9.75. The summed E-state index contributed by atoms with van der Waals surface area (Å²) in [5.41, 5.74) is -0.00893. The lowest BCUT2D eigenvalue weighted by molar-refractivity contribution is -0.102. The maximum atomic E-state index is 10.7. The van der Waals surface area contributed by atoms with E-state index in [4.69, 9.17) is 0 Å². The molecule has 3 rings (SSSR count). The van der Waals surface area contributed by atoms with E-state index in [0.29, 0.717) is 31.2 Å². The van der Waals surface area contributed by atoms with Crippen molar-refractivity contribution in [3.05, 3.63) is 18.0 Å². The minimum Gasteiger partial charge on any atom is -0.390 e. The molecule has 2 aliphatic rings. The Hall–Kier alpha value is -0.870. The summed E-state index contributed by atoms with van der Waals surface area (Å²) in [5.74, 6) is 0.666. The average Bonchev–Trinajstić information content (AvgIpc) is 3.12. The fourth-order valence-corrected chi connectivity index (χ4v) is 3.84. The second kappa shape index (κ2) is 6.09. The molecule has 0 saturated heterocycles. The molecule has 2 saturated carbocycles. The predicted molar refractivity (Wildman–Crippen MR) is 82.0 cm³/mol. The summed E-state index contributed by atoms with van der Waals surface area (Å²) in [6, 6.07) is 2.53. The van der Waals surface area contributed by atoms with E-state index in [2.05, 4.69) is 16.7 Å². The van der Waals surface area contributed by atoms with Crippen LogP contribution < -0.4 is 0 Å². The molecular formula is C17H28N2O2. The molecule has 1 atom stereocenters. The highest BCUT2D eigenvalue weighted by Gasteiger charge is 2.38. The van der Waals surface area contributed by atoms with Crippen LogP contribution in [0.15, 0.2) is 12.3 Å². The second-order valence-electron chi connectivity index (χ2n) is 7.23. The van der Waals surface area contributed by atoms with Crippen molar-refractivity contribution in [1.29, 1.82) is 0 Å². The zero-order chi connectivity index (χ0) is 14.9. The van der Waals surface area contributed by atoms with Gasteiger partial charge in [-0.15, -0.1) is 0 Å². The minimum absolute atomic E-state index is 0.463. The first-order valence-corrected chi connectivity index (χ1v) is 8.51. The lowest BCUT2D eigenvalue weighted by Gasteiger charge is -2.38. The molecule has 0 spiro atoms. The van der Waals surface area contributed by atoms with E-state index in [1.165, 1.54) is 25.7 Å². The normalized spacial score (nSPS) is 32.4. The third-order valence-electron chi connectivity index (χ3n) is 5.53. The largest absolute Gasteiger partial charge is 0.390 e. The Labute approximate surface area is 127 Å².